The third-order valence-corrected chi connectivity index (χ3v) is 5.31. The summed E-state index contributed by atoms with van der Waals surface area (Å²) in [7, 11) is 0. The first kappa shape index (κ1) is 19.9. The maximum Gasteiger partial charge on any atom is 0.191 e. The average Bonchev–Trinajstić information content (AvgIpc) is 3.34. The van der Waals surface area contributed by atoms with Crippen LogP contribution in [0.15, 0.2) is 34.0 Å². The lowest BCUT2D eigenvalue weighted by Gasteiger charge is -2.25. The Morgan fingerprint density at radius 2 is 2.07 bits per heavy atom. The van der Waals surface area contributed by atoms with Gasteiger partial charge in [-0.1, -0.05) is 0 Å². The van der Waals surface area contributed by atoms with Crippen LogP contribution in [-0.2, 0) is 17.6 Å². The standard InChI is InChI=1S/C19H29N5O2S/c1-16-15-23-18(27-16)5-7-21-19(20-6-4-17-3-2-12-26-17)22-8-9-24-10-13-25-14-11-24/h2-3,12,15H,4-11,13-14H2,1H3,(H2,20,21,22). The predicted octanol–water partition coefficient (Wildman–Crippen LogP) is 1.70. The van der Waals surface area contributed by atoms with Gasteiger partial charge in [-0.25, -0.2) is 4.98 Å². The molecule has 0 saturated carbocycles. The van der Waals surface area contributed by atoms with Gasteiger partial charge in [0.2, 0.25) is 0 Å². The van der Waals surface area contributed by atoms with Crippen LogP contribution in [0.1, 0.15) is 15.6 Å². The molecule has 1 fully saturated rings. The first-order chi connectivity index (χ1) is 13.3. The fourth-order valence-corrected chi connectivity index (χ4v) is 3.65. The lowest BCUT2D eigenvalue weighted by molar-refractivity contribution is 0.0394. The van der Waals surface area contributed by atoms with Gasteiger partial charge in [-0.2, -0.15) is 0 Å². The van der Waals surface area contributed by atoms with Crippen molar-refractivity contribution < 1.29 is 9.15 Å². The summed E-state index contributed by atoms with van der Waals surface area (Å²) in [6, 6.07) is 3.91. The van der Waals surface area contributed by atoms with Crippen LogP contribution in [0.5, 0.6) is 0 Å². The highest BCUT2D eigenvalue weighted by Crippen LogP contribution is 2.10. The topological polar surface area (TPSA) is 74.9 Å². The van der Waals surface area contributed by atoms with E-state index < -0.39 is 0 Å². The van der Waals surface area contributed by atoms with E-state index in [0.29, 0.717) is 0 Å². The zero-order chi connectivity index (χ0) is 18.7. The van der Waals surface area contributed by atoms with Crippen LogP contribution < -0.4 is 10.6 Å². The highest BCUT2D eigenvalue weighted by Gasteiger charge is 2.09. The van der Waals surface area contributed by atoms with Crippen LogP contribution >= 0.6 is 11.3 Å². The van der Waals surface area contributed by atoms with Gasteiger partial charge < -0.3 is 19.8 Å². The minimum Gasteiger partial charge on any atom is -0.469 e. The van der Waals surface area contributed by atoms with Gasteiger partial charge in [-0.3, -0.25) is 9.89 Å². The molecule has 7 nitrogen and oxygen atoms in total. The van der Waals surface area contributed by atoms with E-state index in [0.717, 1.165) is 82.1 Å². The number of ether oxygens (including phenoxy) is 1. The second-order valence-corrected chi connectivity index (χ2v) is 7.80. The molecule has 3 rings (SSSR count). The van der Waals surface area contributed by atoms with Gasteiger partial charge in [0.25, 0.3) is 0 Å². The minimum atomic E-state index is 0.770. The molecule has 148 valence electrons. The Kier molecular flexibility index (Phi) is 8.13. The molecule has 2 N–H and O–H groups in total. The molecule has 0 amide bonds. The second-order valence-electron chi connectivity index (χ2n) is 6.48. The van der Waals surface area contributed by atoms with E-state index in [9.17, 15) is 0 Å². The molecule has 8 heteroatoms. The lowest BCUT2D eigenvalue weighted by Crippen LogP contribution is -2.41. The molecule has 0 atom stereocenters. The van der Waals surface area contributed by atoms with Gasteiger partial charge in [-0.05, 0) is 19.1 Å². The fraction of sp³-hybridized carbons (Fsp3) is 0.579. The lowest BCUT2D eigenvalue weighted by atomic mass is 10.3. The zero-order valence-corrected chi connectivity index (χ0v) is 16.8. The predicted molar refractivity (Wildman–Crippen MR) is 109 cm³/mol. The number of aromatic nitrogens is 1. The maximum atomic E-state index is 5.40. The summed E-state index contributed by atoms with van der Waals surface area (Å²) >= 11 is 1.75. The van der Waals surface area contributed by atoms with Crippen molar-refractivity contribution in [2.45, 2.75) is 19.8 Å². The number of hydrogen-bond acceptors (Lipinski definition) is 6. The molecule has 0 spiro atoms. The molecule has 1 aliphatic rings. The Bertz CT molecular complexity index is 680. The van der Waals surface area contributed by atoms with E-state index in [1.807, 2.05) is 18.3 Å². The summed E-state index contributed by atoms with van der Waals surface area (Å²) in [4.78, 5) is 12.8. The summed E-state index contributed by atoms with van der Waals surface area (Å²) in [5, 5.41) is 7.99. The van der Waals surface area contributed by atoms with Gasteiger partial charge in [0.1, 0.15) is 5.76 Å². The second kappa shape index (κ2) is 11.1. The number of nitrogens with one attached hydrogen (secondary N) is 2. The number of nitrogens with zero attached hydrogens (tertiary/aromatic N) is 3. The Balaban J connectivity index is 1.44. The highest BCUT2D eigenvalue weighted by atomic mass is 32.1. The number of furan rings is 1. The van der Waals surface area contributed by atoms with Gasteiger partial charge in [0, 0.05) is 56.6 Å². The Morgan fingerprint density at radius 1 is 1.26 bits per heavy atom. The molecule has 2 aromatic heterocycles. The van der Waals surface area contributed by atoms with Gasteiger partial charge >= 0.3 is 0 Å². The van der Waals surface area contributed by atoms with Crippen LogP contribution in [0.2, 0.25) is 0 Å². The first-order valence-corrected chi connectivity index (χ1v) is 10.4. The quantitative estimate of drug-likeness (QED) is 0.501. The number of rotatable bonds is 9. The van der Waals surface area contributed by atoms with E-state index in [-0.39, 0.29) is 0 Å². The number of morpholine rings is 1. The summed E-state index contributed by atoms with van der Waals surface area (Å²) in [5.41, 5.74) is 0. The van der Waals surface area contributed by atoms with E-state index >= 15 is 0 Å². The fourth-order valence-electron chi connectivity index (χ4n) is 2.87. The van der Waals surface area contributed by atoms with Gasteiger partial charge in [0.15, 0.2) is 5.96 Å². The molecule has 27 heavy (non-hydrogen) atoms. The molecule has 0 radical (unpaired) electrons. The van der Waals surface area contributed by atoms with Crippen molar-refractivity contribution in [2.24, 2.45) is 4.99 Å². The van der Waals surface area contributed by atoms with Crippen molar-refractivity contribution in [1.82, 2.24) is 20.5 Å². The van der Waals surface area contributed by atoms with Crippen LogP contribution in [0.4, 0.5) is 0 Å². The summed E-state index contributed by atoms with van der Waals surface area (Å²) in [6.45, 7) is 9.05. The molecule has 0 aliphatic carbocycles. The summed E-state index contributed by atoms with van der Waals surface area (Å²) < 4.78 is 10.8. The number of hydrogen-bond donors (Lipinski definition) is 2. The maximum absolute atomic E-state index is 5.40. The molecule has 0 bridgehead atoms. The van der Waals surface area contributed by atoms with E-state index in [2.05, 4.69) is 27.4 Å². The third-order valence-electron chi connectivity index (χ3n) is 4.33. The highest BCUT2D eigenvalue weighted by molar-refractivity contribution is 7.11. The van der Waals surface area contributed by atoms with Crippen LogP contribution in [-0.4, -0.2) is 68.3 Å². The first-order valence-electron chi connectivity index (χ1n) is 9.55. The monoisotopic (exact) mass is 391 g/mol. The number of aryl methyl sites for hydroxylation is 1. The van der Waals surface area contributed by atoms with Gasteiger partial charge in [-0.15, -0.1) is 11.3 Å². The van der Waals surface area contributed by atoms with Crippen molar-refractivity contribution in [3.63, 3.8) is 0 Å². The smallest absolute Gasteiger partial charge is 0.191 e. The number of thiazole rings is 1. The average molecular weight is 392 g/mol. The summed E-state index contributed by atoms with van der Waals surface area (Å²) in [6.07, 6.45) is 5.38. The van der Waals surface area contributed by atoms with Gasteiger partial charge in [0.05, 0.1) is 31.0 Å². The molecular formula is C19H29N5O2S. The van der Waals surface area contributed by atoms with Crippen molar-refractivity contribution in [3.05, 3.63) is 40.2 Å². The van der Waals surface area contributed by atoms with E-state index in [1.165, 1.54) is 4.88 Å². The van der Waals surface area contributed by atoms with Crippen molar-refractivity contribution in [2.75, 3.05) is 52.5 Å². The molecule has 1 aliphatic heterocycles. The van der Waals surface area contributed by atoms with Crippen LogP contribution in [0, 0.1) is 6.92 Å². The third kappa shape index (κ3) is 7.32. The number of aliphatic imine (C=N–C) groups is 1. The summed E-state index contributed by atoms with van der Waals surface area (Å²) in [5.74, 6) is 1.83. The molecule has 0 aromatic carbocycles. The number of guanidine groups is 1. The Labute approximate surface area is 164 Å². The largest absolute Gasteiger partial charge is 0.469 e. The van der Waals surface area contributed by atoms with Crippen LogP contribution in [0.25, 0.3) is 0 Å². The zero-order valence-electron chi connectivity index (χ0n) is 15.9. The molecule has 0 unspecified atom stereocenters. The Hall–Kier alpha value is -1.90. The van der Waals surface area contributed by atoms with E-state index in [4.69, 9.17) is 14.1 Å². The normalized spacial score (nSPS) is 15.8. The molecule has 3 heterocycles. The SMILES string of the molecule is Cc1cnc(CCNC(=NCCN2CCOCC2)NCCc2ccco2)s1. The van der Waals surface area contributed by atoms with Crippen molar-refractivity contribution in [3.8, 4) is 0 Å². The molecular weight excluding hydrogens is 362 g/mol. The van der Waals surface area contributed by atoms with Crippen LogP contribution in [0.3, 0.4) is 0 Å². The minimum absolute atomic E-state index is 0.770. The molecule has 1 saturated heterocycles. The molecule has 2 aromatic rings. The Morgan fingerprint density at radius 3 is 2.78 bits per heavy atom. The van der Waals surface area contributed by atoms with E-state index in [1.54, 1.807) is 17.6 Å². The van der Waals surface area contributed by atoms with Crippen molar-refractivity contribution in [1.29, 1.82) is 0 Å². The van der Waals surface area contributed by atoms with Crippen molar-refractivity contribution >= 4 is 17.3 Å².